The number of esters is 1. The van der Waals surface area contributed by atoms with Crippen LogP contribution in [0, 0.1) is 6.92 Å². The number of benzene rings is 2. The molecule has 0 aliphatic rings. The van der Waals surface area contributed by atoms with E-state index in [-0.39, 0.29) is 10.5 Å². The van der Waals surface area contributed by atoms with Crippen molar-refractivity contribution in [1.82, 2.24) is 0 Å². The van der Waals surface area contributed by atoms with Crippen molar-refractivity contribution in [2.45, 2.75) is 11.8 Å². The van der Waals surface area contributed by atoms with E-state index in [0.717, 1.165) is 5.56 Å². The molecule has 132 valence electrons. The van der Waals surface area contributed by atoms with Crippen LogP contribution < -0.4 is 4.74 Å². The Balaban J connectivity index is 2.35. The summed E-state index contributed by atoms with van der Waals surface area (Å²) in [6.45, 7) is 1.87. The number of aryl methyl sites for hydroxylation is 1. The van der Waals surface area contributed by atoms with Gasteiger partial charge in [-0.1, -0.05) is 29.8 Å². The highest BCUT2D eigenvalue weighted by Crippen LogP contribution is 2.19. The minimum Gasteiger partial charge on any atom is -0.497 e. The quantitative estimate of drug-likeness (QED) is 0.585. The van der Waals surface area contributed by atoms with E-state index < -0.39 is 21.6 Å². The largest absolute Gasteiger partial charge is 0.497 e. The predicted octanol–water partition coefficient (Wildman–Crippen LogP) is 3.03. The van der Waals surface area contributed by atoms with Gasteiger partial charge in [0.1, 0.15) is 5.75 Å². The molecule has 0 fully saturated rings. The zero-order valence-corrected chi connectivity index (χ0v) is 15.2. The normalized spacial score (nSPS) is 11.9. The first-order valence-corrected chi connectivity index (χ1v) is 9.23. The summed E-state index contributed by atoms with van der Waals surface area (Å²) >= 11 is 0. The van der Waals surface area contributed by atoms with E-state index in [2.05, 4.69) is 0 Å². The fourth-order valence-corrected chi connectivity index (χ4v) is 3.55. The second-order valence-electron chi connectivity index (χ2n) is 5.51. The van der Waals surface area contributed by atoms with Crippen molar-refractivity contribution in [3.63, 3.8) is 0 Å². The average Bonchev–Trinajstić information content (AvgIpc) is 2.61. The number of methoxy groups -OCH3 is 2. The van der Waals surface area contributed by atoms with E-state index in [9.17, 15) is 13.2 Å². The van der Waals surface area contributed by atoms with Crippen molar-refractivity contribution in [2.75, 3.05) is 20.0 Å². The van der Waals surface area contributed by atoms with Gasteiger partial charge >= 0.3 is 5.97 Å². The van der Waals surface area contributed by atoms with Crippen LogP contribution in [0.2, 0.25) is 0 Å². The molecule has 2 aromatic carbocycles. The van der Waals surface area contributed by atoms with Gasteiger partial charge in [0.2, 0.25) is 0 Å². The van der Waals surface area contributed by atoms with Crippen molar-refractivity contribution < 1.29 is 22.7 Å². The maximum atomic E-state index is 12.6. The van der Waals surface area contributed by atoms with Gasteiger partial charge in [-0.3, -0.25) is 0 Å². The first kappa shape index (κ1) is 18.7. The summed E-state index contributed by atoms with van der Waals surface area (Å²) < 4.78 is 35.0. The molecule has 0 saturated carbocycles. The van der Waals surface area contributed by atoms with E-state index in [4.69, 9.17) is 9.47 Å². The fourth-order valence-electron chi connectivity index (χ4n) is 2.23. The predicted molar refractivity (Wildman–Crippen MR) is 96.2 cm³/mol. The van der Waals surface area contributed by atoms with Gasteiger partial charge in [-0.15, -0.1) is 0 Å². The number of rotatable bonds is 6. The van der Waals surface area contributed by atoms with Crippen LogP contribution >= 0.6 is 0 Å². The van der Waals surface area contributed by atoms with Crippen LogP contribution in [0.3, 0.4) is 0 Å². The summed E-state index contributed by atoms with van der Waals surface area (Å²) in [5, 5.41) is 0. The molecule has 0 aliphatic heterocycles. The molecule has 6 heteroatoms. The number of ether oxygens (including phenoxy) is 2. The maximum Gasteiger partial charge on any atom is 0.334 e. The molecule has 0 atom stereocenters. The lowest BCUT2D eigenvalue weighted by Gasteiger charge is -2.08. The van der Waals surface area contributed by atoms with E-state index in [1.165, 1.54) is 25.3 Å². The van der Waals surface area contributed by atoms with E-state index in [1.807, 2.05) is 6.92 Å². The summed E-state index contributed by atoms with van der Waals surface area (Å²) in [7, 11) is -0.879. The second kappa shape index (κ2) is 7.98. The lowest BCUT2D eigenvalue weighted by atomic mass is 10.1. The molecular weight excluding hydrogens is 340 g/mol. The molecule has 2 rings (SSSR count). The Morgan fingerprint density at radius 1 is 1.00 bits per heavy atom. The van der Waals surface area contributed by atoms with Gasteiger partial charge in [0.25, 0.3) is 0 Å². The zero-order valence-electron chi connectivity index (χ0n) is 14.4. The summed E-state index contributed by atoms with van der Waals surface area (Å²) in [5.41, 5.74) is 1.70. The molecule has 0 heterocycles. The standard InChI is InChI=1S/C19H20O5S/c1-14-4-10-18(11-5-14)25(21,22)13-16(19(20)24-3)12-15-6-8-17(23-2)9-7-15/h4-12H,13H2,1-3H3/b16-12+. The number of hydrogen-bond acceptors (Lipinski definition) is 5. The molecule has 0 N–H and O–H groups in total. The monoisotopic (exact) mass is 360 g/mol. The van der Waals surface area contributed by atoms with E-state index in [1.54, 1.807) is 43.5 Å². The van der Waals surface area contributed by atoms with Gasteiger partial charge in [0, 0.05) is 0 Å². The molecule has 0 saturated heterocycles. The maximum absolute atomic E-state index is 12.6. The number of carbonyl (C=O) groups is 1. The topological polar surface area (TPSA) is 69.7 Å². The second-order valence-corrected chi connectivity index (χ2v) is 7.50. The van der Waals surface area contributed by atoms with E-state index in [0.29, 0.717) is 11.3 Å². The lowest BCUT2D eigenvalue weighted by molar-refractivity contribution is -0.135. The van der Waals surface area contributed by atoms with Gasteiger partial charge in [-0.2, -0.15) is 0 Å². The molecule has 0 aliphatic carbocycles. The molecule has 0 bridgehead atoms. The lowest BCUT2D eigenvalue weighted by Crippen LogP contribution is -2.16. The van der Waals surface area contributed by atoms with Gasteiger partial charge in [-0.25, -0.2) is 13.2 Å². The zero-order chi connectivity index (χ0) is 18.4. The Morgan fingerprint density at radius 2 is 1.60 bits per heavy atom. The minimum absolute atomic E-state index is 0.0632. The van der Waals surface area contributed by atoms with Crippen LogP contribution in [0.1, 0.15) is 11.1 Å². The highest BCUT2D eigenvalue weighted by atomic mass is 32.2. The van der Waals surface area contributed by atoms with Crippen LogP contribution in [0.4, 0.5) is 0 Å². The highest BCUT2D eigenvalue weighted by Gasteiger charge is 2.21. The smallest absolute Gasteiger partial charge is 0.334 e. The first-order chi connectivity index (χ1) is 11.9. The number of sulfone groups is 1. The fraction of sp³-hybridized carbons (Fsp3) is 0.211. The Hall–Kier alpha value is -2.60. The Labute approximate surface area is 147 Å². The average molecular weight is 360 g/mol. The van der Waals surface area contributed by atoms with Crippen molar-refractivity contribution in [1.29, 1.82) is 0 Å². The van der Waals surface area contributed by atoms with Crippen molar-refractivity contribution in [2.24, 2.45) is 0 Å². The third-order valence-corrected chi connectivity index (χ3v) is 5.31. The molecular formula is C19H20O5S. The van der Waals surface area contributed by atoms with Gasteiger partial charge in [0.05, 0.1) is 30.4 Å². The number of carbonyl (C=O) groups excluding carboxylic acids is 1. The van der Waals surface area contributed by atoms with Crippen LogP contribution in [0.15, 0.2) is 59.0 Å². The Bertz CT molecular complexity index is 863. The highest BCUT2D eigenvalue weighted by molar-refractivity contribution is 7.91. The molecule has 0 aromatic heterocycles. The van der Waals surface area contributed by atoms with Crippen molar-refractivity contribution in [3.8, 4) is 5.75 Å². The summed E-state index contributed by atoms with van der Waals surface area (Å²) in [5.74, 6) is -0.440. The van der Waals surface area contributed by atoms with Crippen LogP contribution in [-0.4, -0.2) is 34.4 Å². The summed E-state index contributed by atoms with van der Waals surface area (Å²) in [4.78, 5) is 12.2. The molecule has 0 spiro atoms. The Morgan fingerprint density at radius 3 is 2.12 bits per heavy atom. The summed E-state index contributed by atoms with van der Waals surface area (Å²) in [6.07, 6.45) is 1.51. The van der Waals surface area contributed by atoms with Crippen molar-refractivity contribution in [3.05, 3.63) is 65.2 Å². The van der Waals surface area contributed by atoms with Crippen LogP contribution in [0.5, 0.6) is 5.75 Å². The number of hydrogen-bond donors (Lipinski definition) is 0. The first-order valence-electron chi connectivity index (χ1n) is 7.58. The van der Waals surface area contributed by atoms with Crippen LogP contribution in [-0.2, 0) is 19.4 Å². The van der Waals surface area contributed by atoms with Gasteiger partial charge in [0.15, 0.2) is 9.84 Å². The SMILES string of the molecule is COC(=O)/C(=C/c1ccc(OC)cc1)CS(=O)(=O)c1ccc(C)cc1. The summed E-state index contributed by atoms with van der Waals surface area (Å²) in [6, 6.07) is 13.4. The molecule has 5 nitrogen and oxygen atoms in total. The molecule has 0 unspecified atom stereocenters. The van der Waals surface area contributed by atoms with Gasteiger partial charge < -0.3 is 9.47 Å². The third kappa shape index (κ3) is 4.93. The third-order valence-electron chi connectivity index (χ3n) is 3.63. The van der Waals surface area contributed by atoms with Crippen molar-refractivity contribution >= 4 is 21.9 Å². The van der Waals surface area contributed by atoms with E-state index >= 15 is 0 Å². The van der Waals surface area contributed by atoms with Gasteiger partial charge in [-0.05, 0) is 42.8 Å². The minimum atomic E-state index is -3.66. The Kier molecular flexibility index (Phi) is 5.98. The molecule has 0 radical (unpaired) electrons. The van der Waals surface area contributed by atoms with Crippen LogP contribution in [0.25, 0.3) is 6.08 Å². The molecule has 25 heavy (non-hydrogen) atoms. The molecule has 0 amide bonds. The molecule has 2 aromatic rings.